The molecule has 0 saturated heterocycles. The van der Waals surface area contributed by atoms with E-state index in [9.17, 15) is 179 Å². The van der Waals surface area contributed by atoms with Crippen LogP contribution in [0.1, 0.15) is 190 Å². The van der Waals surface area contributed by atoms with Gasteiger partial charge >= 0.3 is 0 Å². The van der Waals surface area contributed by atoms with Crippen molar-refractivity contribution >= 4 is 0 Å². The summed E-state index contributed by atoms with van der Waals surface area (Å²) >= 11 is 0. The third-order valence-corrected chi connectivity index (χ3v) is 28.5. The number of phenols is 28. The summed E-state index contributed by atoms with van der Waals surface area (Å²) in [7, 11) is 0. The van der Waals surface area contributed by atoms with Crippen molar-refractivity contribution in [3.05, 3.63) is 287 Å². The summed E-state index contributed by atoms with van der Waals surface area (Å²) in [6.07, 6.45) is -30.7. The molecular formula is C105H86O42. The fourth-order valence-electron chi connectivity index (χ4n) is 21.9. The Bertz CT molecular complexity index is 7850. The number of phenolic OH excluding ortho intramolecular Hbond substituents is 28. The Labute approximate surface area is 823 Å². The van der Waals surface area contributed by atoms with Crippen LogP contribution >= 0.6 is 0 Å². The van der Waals surface area contributed by atoms with Crippen LogP contribution in [0, 0.1) is 0 Å². The molecule has 0 bridgehead atoms. The third kappa shape index (κ3) is 14.9. The molecule has 7 aliphatic heterocycles. The second-order valence-corrected chi connectivity index (χ2v) is 37.0. The number of aromatic hydroxyl groups is 28. The summed E-state index contributed by atoms with van der Waals surface area (Å²) in [5.74, 6) is -45.0. The van der Waals surface area contributed by atoms with E-state index in [1.165, 1.54) is 12.1 Å². The topological polar surface area (TPSA) is 773 Å². The minimum atomic E-state index is -2.53. The fraction of sp³-hybridized carbons (Fsp3) is 0.200. The van der Waals surface area contributed by atoms with Crippen molar-refractivity contribution in [3.8, 4) is 201 Å². The van der Waals surface area contributed by atoms with Gasteiger partial charge in [0.25, 0.3) is 0 Å². The standard InChI is InChI=1S/C105H86O42/c106-38-22-55(122)69-68(23-38)141-94(32-2-9-41(108)49(116)16-32)87(135)81(69)71-57(124)26-59(126)73-83(89(137)96(143-101(71)73)34-4-11-43(110)51(118)18-34)75-61(128)28-63(130)77-85(91(139)98(145-103(75)77)36-6-13-45(112)53(120)20-36)79-65(132)30-66(133)80-86(92(140)99(147-105(79)80)37-7-14-46(113)54(121)21-37)78-64(131)29-62(129)76-84(90(138)97(146-104(76)78)35-5-12-44(111)52(119)19-35)74-60(127)27-58(125)72-82(88(136)95(144-102(72)74)33-3-10-42(109)50(117)17-33)70-56(123)25-47(114)39-24-67(134)93(142-100(39)70)31-1-8-40(107)48(115)15-31/h1-23,25-30,67,81-99,106-140H,24H2. The molecule has 0 aliphatic carbocycles. The van der Waals surface area contributed by atoms with Crippen molar-refractivity contribution in [2.75, 3.05) is 0 Å². The van der Waals surface area contributed by atoms with Crippen LogP contribution in [0.2, 0.25) is 0 Å². The molecule has 758 valence electrons. The molecule has 147 heavy (non-hydrogen) atoms. The number of hydrogen-bond acceptors (Lipinski definition) is 42. The Hall–Kier alpha value is -18.2. The molecule has 14 aromatic carbocycles. The SMILES string of the molecule is Oc1cc(O)c2c(c1)OC(c1ccc(O)c(O)c1)C(O)C2c1c(O)cc(O)c2c1OC(c1ccc(O)c(O)c1)C(O)C2c1c(O)cc(O)c2c1OC(c1ccc(O)c(O)c1)C(O)C2c1c(O)cc(O)c2c1OC(c1ccc(O)c(O)c1)C(O)C2c1c(O)cc(O)c2c1OC(c1ccc(O)c(O)c1)C(O)C2c1c(O)cc(O)c2c1OC(c1ccc(O)c(O)c1)C(O)C2c1c(O)cc(O)c2c1OC(c1ccc(O)c(O)c1)C(O)C2. The average Bonchev–Trinajstić information content (AvgIpc) is 0.699. The lowest BCUT2D eigenvalue weighted by Gasteiger charge is -2.45. The van der Waals surface area contributed by atoms with Crippen molar-refractivity contribution in [3.63, 3.8) is 0 Å². The Balaban J connectivity index is 0.811. The molecule has 7 aliphatic rings. The predicted molar refractivity (Wildman–Crippen MR) is 497 cm³/mol. The highest BCUT2D eigenvalue weighted by Crippen LogP contribution is 2.71. The van der Waals surface area contributed by atoms with Gasteiger partial charge in [0.2, 0.25) is 0 Å². The lowest BCUT2D eigenvalue weighted by molar-refractivity contribution is -0.0116. The number of aliphatic hydroxyl groups is 7. The first-order valence-corrected chi connectivity index (χ1v) is 45.0. The monoisotopic (exact) mass is 2020 g/mol. The molecule has 21 rings (SSSR count). The van der Waals surface area contributed by atoms with Crippen molar-refractivity contribution in [1.82, 2.24) is 0 Å². The highest BCUT2D eigenvalue weighted by molar-refractivity contribution is 5.78. The van der Waals surface area contributed by atoms with Gasteiger partial charge in [0.15, 0.2) is 117 Å². The van der Waals surface area contributed by atoms with Crippen molar-refractivity contribution in [1.29, 1.82) is 0 Å². The molecule has 42 heteroatoms. The quantitative estimate of drug-likeness (QED) is 0.0477. The van der Waals surface area contributed by atoms with E-state index in [1.807, 2.05) is 0 Å². The lowest BCUT2D eigenvalue weighted by Crippen LogP contribution is -2.40. The minimum Gasteiger partial charge on any atom is -0.508 e. The highest BCUT2D eigenvalue weighted by Gasteiger charge is 2.59. The average molecular weight is 2020 g/mol. The predicted octanol–water partition coefficient (Wildman–Crippen LogP) is 10.2. The van der Waals surface area contributed by atoms with Gasteiger partial charge in [-0.1, -0.05) is 42.5 Å². The maximum atomic E-state index is 13.9. The molecule has 0 amide bonds. The van der Waals surface area contributed by atoms with E-state index in [0.29, 0.717) is 30.3 Å². The summed E-state index contributed by atoms with van der Waals surface area (Å²) in [5, 5.41) is 426. The van der Waals surface area contributed by atoms with Gasteiger partial charge in [0, 0.05) is 127 Å². The third-order valence-electron chi connectivity index (χ3n) is 28.5. The number of rotatable bonds is 13. The molecule has 0 radical (unpaired) electrons. The Kier molecular flexibility index (Phi) is 22.3. The maximum absolute atomic E-state index is 13.9. The van der Waals surface area contributed by atoms with Crippen molar-refractivity contribution in [2.45, 2.75) is 127 Å². The number of hydrogen-bond donors (Lipinski definition) is 35. The van der Waals surface area contributed by atoms with Crippen molar-refractivity contribution < 1.29 is 212 Å². The van der Waals surface area contributed by atoms with E-state index in [4.69, 9.17) is 33.2 Å². The van der Waals surface area contributed by atoms with E-state index in [2.05, 4.69) is 0 Å². The van der Waals surface area contributed by atoms with E-state index in [-0.39, 0.29) is 38.9 Å². The van der Waals surface area contributed by atoms with Crippen LogP contribution in [0.15, 0.2) is 176 Å². The summed E-state index contributed by atoms with van der Waals surface area (Å²) in [6, 6.07) is 26.4. The maximum Gasteiger partial charge on any atom is 0.157 e. The van der Waals surface area contributed by atoms with Gasteiger partial charge in [-0.2, -0.15) is 0 Å². The Morgan fingerprint density at radius 1 is 0.156 bits per heavy atom. The number of aliphatic hydroxyl groups excluding tert-OH is 7. The van der Waals surface area contributed by atoms with Gasteiger partial charge in [-0.15, -0.1) is 0 Å². The highest BCUT2D eigenvalue weighted by atomic mass is 16.5. The first-order chi connectivity index (χ1) is 69.9. The molecule has 0 fully saturated rings. The second kappa shape index (κ2) is 34.6. The van der Waals surface area contributed by atoms with Gasteiger partial charge < -0.3 is 212 Å². The molecule has 0 spiro atoms. The van der Waals surface area contributed by atoms with E-state index < -0.39 is 401 Å². The van der Waals surface area contributed by atoms with Crippen LogP contribution in [-0.2, 0) is 6.42 Å². The van der Waals surface area contributed by atoms with Gasteiger partial charge in [-0.25, -0.2) is 0 Å². The fourth-order valence-corrected chi connectivity index (χ4v) is 21.9. The van der Waals surface area contributed by atoms with E-state index >= 15 is 0 Å². The zero-order valence-corrected chi connectivity index (χ0v) is 75.0. The first-order valence-electron chi connectivity index (χ1n) is 45.0. The Morgan fingerprint density at radius 3 is 0.551 bits per heavy atom. The van der Waals surface area contributed by atoms with Crippen LogP contribution in [0.25, 0.3) is 0 Å². The molecule has 42 nitrogen and oxygen atoms in total. The lowest BCUT2D eigenvalue weighted by atomic mass is 9.70. The van der Waals surface area contributed by atoms with Crippen LogP contribution in [0.3, 0.4) is 0 Å². The molecule has 20 unspecified atom stereocenters. The van der Waals surface area contributed by atoms with Gasteiger partial charge in [0.1, 0.15) is 163 Å². The van der Waals surface area contributed by atoms with E-state index in [1.54, 1.807) is 0 Å². The zero-order valence-electron chi connectivity index (χ0n) is 75.0. The van der Waals surface area contributed by atoms with Crippen LogP contribution in [0.4, 0.5) is 0 Å². The number of ether oxygens (including phenoxy) is 7. The normalized spacial score (nSPS) is 24.5. The molecule has 0 aromatic heterocycles. The summed E-state index contributed by atoms with van der Waals surface area (Å²) in [4.78, 5) is 0. The molecule has 20 atom stereocenters. The molecular weight excluding hydrogens is 1930 g/mol. The Morgan fingerprint density at radius 2 is 0.333 bits per heavy atom. The van der Waals surface area contributed by atoms with Crippen molar-refractivity contribution in [2.24, 2.45) is 0 Å². The largest absolute Gasteiger partial charge is 0.508 e. The number of benzene rings is 14. The molecule has 0 saturated carbocycles. The molecule has 14 aromatic rings. The summed E-state index contributed by atoms with van der Waals surface area (Å²) in [5.41, 5.74) is -11.3. The summed E-state index contributed by atoms with van der Waals surface area (Å²) in [6.45, 7) is 0. The first kappa shape index (κ1) is 95.0. The van der Waals surface area contributed by atoms with Crippen LogP contribution < -0.4 is 33.2 Å². The van der Waals surface area contributed by atoms with Crippen LogP contribution in [-0.4, -0.2) is 221 Å². The molecule has 35 N–H and O–H groups in total. The summed E-state index contributed by atoms with van der Waals surface area (Å²) < 4.78 is 47.0. The van der Waals surface area contributed by atoms with Gasteiger partial charge in [-0.3, -0.25) is 0 Å². The van der Waals surface area contributed by atoms with E-state index in [0.717, 1.165) is 133 Å². The van der Waals surface area contributed by atoms with Gasteiger partial charge in [-0.05, 0) is 124 Å². The number of fused-ring (bicyclic) bond motifs is 7. The smallest absolute Gasteiger partial charge is 0.157 e. The van der Waals surface area contributed by atoms with Gasteiger partial charge in [0.05, 0.1) is 41.6 Å². The minimum absolute atomic E-state index is 0.0307. The van der Waals surface area contributed by atoms with Crippen LogP contribution in [0.5, 0.6) is 201 Å². The molecule has 7 heterocycles. The zero-order chi connectivity index (χ0) is 104. The second-order valence-electron chi connectivity index (χ2n) is 37.0.